The van der Waals surface area contributed by atoms with Crippen molar-refractivity contribution in [2.24, 2.45) is 0 Å². The number of hydrogen-bond donors (Lipinski definition) is 0. The van der Waals surface area contributed by atoms with Crippen molar-refractivity contribution in [2.45, 2.75) is 44.3 Å². The molecule has 0 unspecified atom stereocenters. The molecule has 0 amide bonds. The Balaban J connectivity index is 1.78. The lowest BCUT2D eigenvalue weighted by Gasteiger charge is -2.26. The maximum Gasteiger partial charge on any atom is 0.269 e. The average Bonchev–Trinajstić information content (AvgIpc) is 3.39. The SMILES string of the molecule is CCS(=O)(=O)C(C)(C)c1ccc(Oc2ccc(F)cc2F)c(-c2cc(C)nc3c2ccn3S(=O)(=O)c2ccccc2C)c1. The quantitative estimate of drug-likeness (QED) is 0.180. The molecule has 5 rings (SSSR count). The number of aryl methyl sites for hydroxylation is 2. The molecule has 0 aliphatic rings. The van der Waals surface area contributed by atoms with Crippen LogP contribution in [-0.4, -0.2) is 31.5 Å². The molecule has 3 aromatic carbocycles. The fourth-order valence-corrected chi connectivity index (χ4v) is 7.73. The topological polar surface area (TPSA) is 95.3 Å². The zero-order chi connectivity index (χ0) is 31.3. The molecule has 0 aliphatic carbocycles. The minimum atomic E-state index is -4.03. The molecular weight excluding hydrogens is 594 g/mol. The number of sulfone groups is 1. The van der Waals surface area contributed by atoms with Crippen molar-refractivity contribution in [3.63, 3.8) is 0 Å². The summed E-state index contributed by atoms with van der Waals surface area (Å²) in [6.45, 7) is 8.18. The summed E-state index contributed by atoms with van der Waals surface area (Å²) < 4.78 is 87.7. The Morgan fingerprint density at radius 1 is 0.860 bits per heavy atom. The van der Waals surface area contributed by atoms with Gasteiger partial charge >= 0.3 is 0 Å². The van der Waals surface area contributed by atoms with Crippen molar-refractivity contribution in [3.05, 3.63) is 107 Å². The molecule has 224 valence electrons. The summed E-state index contributed by atoms with van der Waals surface area (Å²) in [6.07, 6.45) is 1.41. The molecule has 5 aromatic rings. The van der Waals surface area contributed by atoms with Gasteiger partial charge in [-0.2, -0.15) is 0 Å². The molecular formula is C32H30F2N2O5S2. The van der Waals surface area contributed by atoms with Crippen LogP contribution in [-0.2, 0) is 24.6 Å². The highest BCUT2D eigenvalue weighted by Crippen LogP contribution is 2.42. The average molecular weight is 625 g/mol. The lowest BCUT2D eigenvalue weighted by Crippen LogP contribution is -2.30. The molecule has 0 saturated carbocycles. The van der Waals surface area contributed by atoms with E-state index < -0.39 is 36.2 Å². The lowest BCUT2D eigenvalue weighted by molar-refractivity contribution is 0.438. The van der Waals surface area contributed by atoms with Gasteiger partial charge in [0.25, 0.3) is 10.0 Å². The Morgan fingerprint density at radius 2 is 1.56 bits per heavy atom. The van der Waals surface area contributed by atoms with Crippen LogP contribution in [0.15, 0.2) is 83.9 Å². The molecule has 0 bridgehead atoms. The van der Waals surface area contributed by atoms with Crippen LogP contribution < -0.4 is 4.74 Å². The number of benzene rings is 3. The van der Waals surface area contributed by atoms with E-state index in [2.05, 4.69) is 4.98 Å². The van der Waals surface area contributed by atoms with E-state index in [-0.39, 0.29) is 27.8 Å². The van der Waals surface area contributed by atoms with Gasteiger partial charge in [-0.3, -0.25) is 0 Å². The maximum absolute atomic E-state index is 14.7. The lowest BCUT2D eigenvalue weighted by atomic mass is 9.94. The number of ether oxygens (including phenoxy) is 1. The van der Waals surface area contributed by atoms with Gasteiger partial charge in [0.15, 0.2) is 27.1 Å². The molecule has 2 aromatic heterocycles. The number of nitrogens with zero attached hydrogens (tertiary/aromatic N) is 2. The first-order valence-electron chi connectivity index (χ1n) is 13.5. The van der Waals surface area contributed by atoms with Crippen molar-refractivity contribution < 1.29 is 30.4 Å². The van der Waals surface area contributed by atoms with Crippen molar-refractivity contribution >= 4 is 30.9 Å². The van der Waals surface area contributed by atoms with Crippen LogP contribution in [0.3, 0.4) is 0 Å². The number of halogens is 2. The maximum atomic E-state index is 14.7. The van der Waals surface area contributed by atoms with Crippen molar-refractivity contribution in [2.75, 3.05) is 5.75 Å². The standard InChI is InChI=1S/C32H30F2N2O5S2/c1-6-42(37,38)32(4,5)22-11-13-28(41-29-14-12-23(33)19-27(29)34)26(18-22)25-17-21(3)35-31-24(25)15-16-36(31)43(39,40)30-10-8-7-9-20(30)2/h7-19H,6H2,1-5H3. The second kappa shape index (κ2) is 10.9. The molecule has 11 heteroatoms. The van der Waals surface area contributed by atoms with Gasteiger partial charge in [0.05, 0.1) is 9.64 Å². The van der Waals surface area contributed by atoms with E-state index in [1.54, 1.807) is 77.1 Å². The van der Waals surface area contributed by atoms with E-state index in [0.717, 1.165) is 16.1 Å². The molecule has 0 saturated heterocycles. The van der Waals surface area contributed by atoms with Crippen LogP contribution >= 0.6 is 0 Å². The van der Waals surface area contributed by atoms with Gasteiger partial charge in [-0.1, -0.05) is 31.2 Å². The Hall–Kier alpha value is -4.09. The Labute approximate surface area is 249 Å². The third kappa shape index (κ3) is 5.31. The molecule has 0 radical (unpaired) electrons. The highest BCUT2D eigenvalue weighted by atomic mass is 32.2. The van der Waals surface area contributed by atoms with E-state index in [1.807, 2.05) is 0 Å². The summed E-state index contributed by atoms with van der Waals surface area (Å²) in [5.41, 5.74) is 2.52. The largest absolute Gasteiger partial charge is 0.454 e. The van der Waals surface area contributed by atoms with Crippen LogP contribution in [0, 0.1) is 25.5 Å². The van der Waals surface area contributed by atoms with Crippen molar-refractivity contribution in [1.29, 1.82) is 0 Å². The van der Waals surface area contributed by atoms with Gasteiger partial charge in [-0.15, -0.1) is 0 Å². The van der Waals surface area contributed by atoms with E-state index in [0.29, 0.717) is 39.4 Å². The van der Waals surface area contributed by atoms with Gasteiger partial charge < -0.3 is 4.74 Å². The van der Waals surface area contributed by atoms with E-state index in [9.17, 15) is 25.6 Å². The van der Waals surface area contributed by atoms with E-state index >= 15 is 0 Å². The predicted octanol–water partition coefficient (Wildman–Crippen LogP) is 7.30. The minimum Gasteiger partial charge on any atom is -0.454 e. The molecule has 0 aliphatic heterocycles. The molecule has 7 nitrogen and oxygen atoms in total. The normalized spacial score (nSPS) is 12.5. The fraction of sp³-hybridized carbons (Fsp3) is 0.219. The summed E-state index contributed by atoms with van der Waals surface area (Å²) >= 11 is 0. The molecule has 0 fully saturated rings. The van der Waals surface area contributed by atoms with E-state index in [4.69, 9.17) is 4.74 Å². The van der Waals surface area contributed by atoms with Crippen molar-refractivity contribution in [1.82, 2.24) is 8.96 Å². The van der Waals surface area contributed by atoms with Crippen molar-refractivity contribution in [3.8, 4) is 22.6 Å². The zero-order valence-electron chi connectivity index (χ0n) is 24.2. The first-order valence-corrected chi connectivity index (χ1v) is 16.6. The van der Waals surface area contributed by atoms with E-state index in [1.165, 1.54) is 18.3 Å². The highest BCUT2D eigenvalue weighted by molar-refractivity contribution is 7.92. The molecule has 0 N–H and O–H groups in total. The number of fused-ring (bicyclic) bond motifs is 1. The van der Waals surface area contributed by atoms with Crippen LogP contribution in [0.2, 0.25) is 0 Å². The number of pyridine rings is 1. The van der Waals surface area contributed by atoms with Gasteiger partial charge in [0, 0.05) is 34.7 Å². The zero-order valence-corrected chi connectivity index (χ0v) is 25.9. The first kappa shape index (κ1) is 30.4. The molecule has 0 spiro atoms. The number of aromatic nitrogens is 2. The number of hydrogen-bond acceptors (Lipinski definition) is 6. The van der Waals surface area contributed by atoms with Gasteiger partial charge in [-0.05, 0) is 86.8 Å². The fourth-order valence-electron chi connectivity index (χ4n) is 5.00. The predicted molar refractivity (Wildman–Crippen MR) is 163 cm³/mol. The second-order valence-corrected chi connectivity index (χ2v) is 15.3. The van der Waals surface area contributed by atoms with Crippen LogP contribution in [0.1, 0.15) is 37.6 Å². The molecule has 0 atom stereocenters. The summed E-state index contributed by atoms with van der Waals surface area (Å²) in [5, 5.41) is 0.445. The van der Waals surface area contributed by atoms with Crippen LogP contribution in [0.4, 0.5) is 8.78 Å². The minimum absolute atomic E-state index is 0.0907. The summed E-state index contributed by atoms with van der Waals surface area (Å²) in [7, 11) is -7.60. The second-order valence-electron chi connectivity index (χ2n) is 10.7. The molecule has 2 heterocycles. The van der Waals surface area contributed by atoms with Gasteiger partial charge in [0.2, 0.25) is 0 Å². The van der Waals surface area contributed by atoms with Gasteiger partial charge in [-0.25, -0.2) is 34.6 Å². The Kier molecular flexibility index (Phi) is 7.68. The smallest absolute Gasteiger partial charge is 0.269 e. The monoisotopic (exact) mass is 624 g/mol. The summed E-state index contributed by atoms with van der Waals surface area (Å²) in [6, 6.07) is 17.6. The third-order valence-electron chi connectivity index (χ3n) is 7.62. The highest BCUT2D eigenvalue weighted by Gasteiger charge is 2.35. The Morgan fingerprint density at radius 3 is 2.23 bits per heavy atom. The van der Waals surface area contributed by atoms with Crippen LogP contribution in [0.25, 0.3) is 22.2 Å². The third-order valence-corrected chi connectivity index (χ3v) is 12.0. The summed E-state index contributed by atoms with van der Waals surface area (Å²) in [4.78, 5) is 4.68. The summed E-state index contributed by atoms with van der Waals surface area (Å²) in [5.74, 6) is -1.87. The van der Waals surface area contributed by atoms with Crippen LogP contribution in [0.5, 0.6) is 11.5 Å². The Bertz CT molecular complexity index is 2100. The first-order chi connectivity index (χ1) is 20.2. The van der Waals surface area contributed by atoms with Gasteiger partial charge in [0.1, 0.15) is 11.6 Å². The molecule has 43 heavy (non-hydrogen) atoms. The number of rotatable bonds is 8.